The lowest BCUT2D eigenvalue weighted by molar-refractivity contribution is 0.502. The molecule has 3 heteroatoms. The molecule has 1 rings (SSSR count). The number of hydrogen-bond donors (Lipinski definition) is 1. The highest BCUT2D eigenvalue weighted by molar-refractivity contribution is 9.10. The van der Waals surface area contributed by atoms with E-state index in [4.69, 9.17) is 0 Å². The summed E-state index contributed by atoms with van der Waals surface area (Å²) in [5, 5.41) is 3.61. The molecule has 0 bridgehead atoms. The van der Waals surface area contributed by atoms with Crippen LogP contribution < -0.4 is 5.32 Å². The molecule has 0 saturated heterocycles. The Bertz CT molecular complexity index is 381. The lowest BCUT2D eigenvalue weighted by Gasteiger charge is -2.17. The van der Waals surface area contributed by atoms with Gasteiger partial charge in [-0.15, -0.1) is 18.3 Å². The summed E-state index contributed by atoms with van der Waals surface area (Å²) in [6.45, 7) is 7.01. The molecule has 1 nitrogen and oxygen atoms in total. The molecule has 1 aromatic carbocycles. The molecular formula is C17H26BrNS. The Labute approximate surface area is 136 Å². The van der Waals surface area contributed by atoms with Gasteiger partial charge < -0.3 is 5.32 Å². The maximum atomic E-state index is 3.77. The van der Waals surface area contributed by atoms with Crippen LogP contribution in [0.4, 0.5) is 0 Å². The molecule has 0 aliphatic heterocycles. The first-order chi connectivity index (χ1) is 9.77. The van der Waals surface area contributed by atoms with Crippen molar-refractivity contribution in [3.05, 3.63) is 41.4 Å². The van der Waals surface area contributed by atoms with E-state index in [1.807, 2.05) is 17.8 Å². The minimum Gasteiger partial charge on any atom is -0.313 e. The summed E-state index contributed by atoms with van der Waals surface area (Å²) in [5.74, 6) is 1.14. The Morgan fingerprint density at radius 2 is 2.10 bits per heavy atom. The molecule has 0 saturated carbocycles. The summed E-state index contributed by atoms with van der Waals surface area (Å²) in [6, 6.07) is 9.07. The quantitative estimate of drug-likeness (QED) is 0.312. The summed E-state index contributed by atoms with van der Waals surface area (Å²) in [6.07, 6.45) is 8.33. The van der Waals surface area contributed by atoms with Crippen LogP contribution in [0.5, 0.6) is 0 Å². The van der Waals surface area contributed by atoms with Crippen molar-refractivity contribution in [3.8, 4) is 0 Å². The number of nitrogens with one attached hydrogen (secondary N) is 1. The van der Waals surface area contributed by atoms with E-state index >= 15 is 0 Å². The summed E-state index contributed by atoms with van der Waals surface area (Å²) >= 11 is 5.55. The van der Waals surface area contributed by atoms with Gasteiger partial charge in [-0.05, 0) is 53.9 Å². The number of hydrogen-bond acceptors (Lipinski definition) is 2. The highest BCUT2D eigenvalue weighted by Gasteiger charge is 2.09. The second-order valence-corrected chi connectivity index (χ2v) is 6.84. The molecule has 0 spiro atoms. The molecule has 0 aromatic heterocycles. The Kier molecular flexibility index (Phi) is 10.2. The van der Waals surface area contributed by atoms with E-state index in [2.05, 4.69) is 59.0 Å². The topological polar surface area (TPSA) is 12.0 Å². The average molecular weight is 356 g/mol. The normalized spacial score (nSPS) is 12.3. The summed E-state index contributed by atoms with van der Waals surface area (Å²) < 4.78 is 1.20. The van der Waals surface area contributed by atoms with Crippen molar-refractivity contribution >= 4 is 27.7 Å². The van der Waals surface area contributed by atoms with E-state index < -0.39 is 0 Å². The fraction of sp³-hybridized carbons (Fsp3) is 0.529. The Morgan fingerprint density at radius 3 is 2.80 bits per heavy atom. The van der Waals surface area contributed by atoms with Crippen LogP contribution in [0.25, 0.3) is 0 Å². The van der Waals surface area contributed by atoms with E-state index in [0.717, 1.165) is 18.7 Å². The predicted molar refractivity (Wildman–Crippen MR) is 95.6 cm³/mol. The maximum absolute atomic E-state index is 3.77. The van der Waals surface area contributed by atoms with Gasteiger partial charge in [0.1, 0.15) is 0 Å². The second-order valence-electron chi connectivity index (χ2n) is 4.92. The number of benzene rings is 1. The van der Waals surface area contributed by atoms with Gasteiger partial charge in [0, 0.05) is 21.2 Å². The molecule has 1 aromatic rings. The molecule has 0 heterocycles. The third kappa shape index (κ3) is 7.51. The zero-order valence-electron chi connectivity index (χ0n) is 12.4. The molecule has 0 aliphatic carbocycles. The van der Waals surface area contributed by atoms with Crippen LogP contribution in [0.3, 0.4) is 0 Å². The number of unbranched alkanes of at least 4 members (excludes halogenated alkanes) is 3. The Balaban J connectivity index is 2.31. The third-order valence-corrected chi connectivity index (χ3v) is 5.42. The molecule has 0 aliphatic rings. The van der Waals surface area contributed by atoms with E-state index in [1.165, 1.54) is 35.1 Å². The predicted octanol–water partition coefficient (Wildman–Crippen LogP) is 5.66. The first-order valence-electron chi connectivity index (χ1n) is 7.49. The molecule has 1 atom stereocenters. The molecule has 0 fully saturated rings. The second kappa shape index (κ2) is 11.4. The van der Waals surface area contributed by atoms with Crippen LogP contribution in [0.15, 0.2) is 46.3 Å². The first-order valence-corrected chi connectivity index (χ1v) is 9.27. The number of halogens is 1. The molecule has 0 amide bonds. The minimum absolute atomic E-state index is 0.612. The number of allylic oxidation sites excluding steroid dienone is 1. The van der Waals surface area contributed by atoms with Crippen LogP contribution in [0.2, 0.25) is 0 Å². The van der Waals surface area contributed by atoms with Crippen molar-refractivity contribution in [2.24, 2.45) is 0 Å². The van der Waals surface area contributed by atoms with Gasteiger partial charge in [-0.2, -0.15) is 0 Å². The van der Waals surface area contributed by atoms with Gasteiger partial charge in [0.15, 0.2) is 0 Å². The van der Waals surface area contributed by atoms with Gasteiger partial charge in [0.05, 0.1) is 0 Å². The van der Waals surface area contributed by atoms with Crippen molar-refractivity contribution in [3.63, 3.8) is 0 Å². The first kappa shape index (κ1) is 17.8. The standard InChI is InChI=1S/C17H26BrNS/c1-3-5-6-7-8-11-15(19-4-2)14-20-17-13-10-9-12-16(17)18/h3,9-10,12-13,15,19H,1,4-8,11,14H2,2H3. The van der Waals surface area contributed by atoms with Gasteiger partial charge in [0.25, 0.3) is 0 Å². The molecule has 112 valence electrons. The van der Waals surface area contributed by atoms with E-state index in [0.29, 0.717) is 6.04 Å². The average Bonchev–Trinajstić information content (AvgIpc) is 2.46. The molecular weight excluding hydrogens is 330 g/mol. The van der Waals surface area contributed by atoms with Crippen LogP contribution in [-0.4, -0.2) is 18.3 Å². The minimum atomic E-state index is 0.612. The smallest absolute Gasteiger partial charge is 0.0311 e. The third-order valence-electron chi connectivity index (χ3n) is 3.23. The van der Waals surface area contributed by atoms with E-state index in [9.17, 15) is 0 Å². The van der Waals surface area contributed by atoms with Crippen molar-refractivity contribution in [2.75, 3.05) is 12.3 Å². The maximum Gasteiger partial charge on any atom is 0.0311 e. The van der Waals surface area contributed by atoms with Crippen molar-refractivity contribution < 1.29 is 0 Å². The highest BCUT2D eigenvalue weighted by Crippen LogP contribution is 2.28. The fourth-order valence-electron chi connectivity index (χ4n) is 2.14. The molecule has 1 unspecified atom stereocenters. The highest BCUT2D eigenvalue weighted by atomic mass is 79.9. The fourth-order valence-corrected chi connectivity index (χ4v) is 3.82. The van der Waals surface area contributed by atoms with Gasteiger partial charge in [0.2, 0.25) is 0 Å². The summed E-state index contributed by atoms with van der Waals surface area (Å²) in [7, 11) is 0. The Hall–Kier alpha value is -0.250. The van der Waals surface area contributed by atoms with Gasteiger partial charge in [-0.1, -0.05) is 38.0 Å². The van der Waals surface area contributed by atoms with E-state index in [1.54, 1.807) is 0 Å². The number of thioether (sulfide) groups is 1. The lowest BCUT2D eigenvalue weighted by Crippen LogP contribution is -2.31. The number of rotatable bonds is 11. The van der Waals surface area contributed by atoms with Gasteiger partial charge in [-0.25, -0.2) is 0 Å². The summed E-state index contributed by atoms with van der Waals surface area (Å²) in [4.78, 5) is 1.34. The lowest BCUT2D eigenvalue weighted by atomic mass is 10.1. The van der Waals surface area contributed by atoms with Gasteiger partial charge in [-0.3, -0.25) is 0 Å². The van der Waals surface area contributed by atoms with Crippen molar-refractivity contribution in [1.29, 1.82) is 0 Å². The largest absolute Gasteiger partial charge is 0.313 e. The van der Waals surface area contributed by atoms with Crippen LogP contribution in [0, 0.1) is 0 Å². The van der Waals surface area contributed by atoms with Crippen molar-refractivity contribution in [1.82, 2.24) is 5.32 Å². The monoisotopic (exact) mass is 355 g/mol. The summed E-state index contributed by atoms with van der Waals surface area (Å²) in [5.41, 5.74) is 0. The zero-order valence-corrected chi connectivity index (χ0v) is 14.8. The Morgan fingerprint density at radius 1 is 1.30 bits per heavy atom. The SMILES string of the molecule is C=CCCCCCC(CSc1ccccc1Br)NCC. The van der Waals surface area contributed by atoms with Crippen LogP contribution >= 0.6 is 27.7 Å². The van der Waals surface area contributed by atoms with Crippen LogP contribution in [0.1, 0.15) is 39.0 Å². The molecule has 1 N–H and O–H groups in total. The van der Waals surface area contributed by atoms with E-state index in [-0.39, 0.29) is 0 Å². The molecule has 20 heavy (non-hydrogen) atoms. The van der Waals surface area contributed by atoms with Crippen molar-refractivity contribution in [2.45, 2.75) is 50.0 Å². The zero-order chi connectivity index (χ0) is 14.6. The van der Waals surface area contributed by atoms with Gasteiger partial charge >= 0.3 is 0 Å². The van der Waals surface area contributed by atoms with Crippen LogP contribution in [-0.2, 0) is 0 Å². The molecule has 0 radical (unpaired) electrons.